The summed E-state index contributed by atoms with van der Waals surface area (Å²) in [5.41, 5.74) is 5.49. The van der Waals surface area contributed by atoms with Crippen LogP contribution >= 0.6 is 12.4 Å². The van der Waals surface area contributed by atoms with Crippen molar-refractivity contribution < 1.29 is 14.0 Å². The topological polar surface area (TPSA) is 84.2 Å². The first-order valence-corrected chi connectivity index (χ1v) is 7.25. The van der Waals surface area contributed by atoms with Gasteiger partial charge in [-0.3, -0.25) is 9.59 Å². The fourth-order valence-corrected chi connectivity index (χ4v) is 1.74. The fraction of sp³-hybridized carbons (Fsp3) is 0.500. The van der Waals surface area contributed by atoms with E-state index < -0.39 is 17.3 Å². The summed E-state index contributed by atoms with van der Waals surface area (Å²) in [7, 11) is 0. The van der Waals surface area contributed by atoms with Gasteiger partial charge in [0.15, 0.2) is 0 Å². The van der Waals surface area contributed by atoms with Gasteiger partial charge in [0.05, 0.1) is 5.69 Å². The number of halogens is 2. The highest BCUT2D eigenvalue weighted by Gasteiger charge is 2.15. The van der Waals surface area contributed by atoms with E-state index in [2.05, 4.69) is 10.6 Å². The third-order valence-corrected chi connectivity index (χ3v) is 2.80. The summed E-state index contributed by atoms with van der Waals surface area (Å²) in [6.45, 7) is 7.65. The van der Waals surface area contributed by atoms with E-state index in [0.717, 1.165) is 6.07 Å². The highest BCUT2D eigenvalue weighted by Crippen LogP contribution is 2.17. The van der Waals surface area contributed by atoms with Crippen molar-refractivity contribution in [3.8, 4) is 0 Å². The molecule has 0 spiro atoms. The van der Waals surface area contributed by atoms with E-state index in [1.807, 2.05) is 13.8 Å². The highest BCUT2D eigenvalue weighted by atomic mass is 35.5. The predicted octanol–water partition coefficient (Wildman–Crippen LogP) is 2.70. The third kappa shape index (κ3) is 7.95. The lowest BCUT2D eigenvalue weighted by Crippen LogP contribution is -2.45. The van der Waals surface area contributed by atoms with E-state index >= 15 is 0 Å². The molecule has 7 heteroatoms. The smallest absolute Gasteiger partial charge is 0.251 e. The molecule has 1 aromatic carbocycles. The predicted molar refractivity (Wildman–Crippen MR) is 92.3 cm³/mol. The Morgan fingerprint density at radius 3 is 2.39 bits per heavy atom. The van der Waals surface area contributed by atoms with Crippen molar-refractivity contribution >= 4 is 29.9 Å². The second-order valence-electron chi connectivity index (χ2n) is 6.51. The molecule has 23 heavy (non-hydrogen) atoms. The number of carbonyl (C=O) groups is 2. The maximum absolute atomic E-state index is 14.0. The van der Waals surface area contributed by atoms with Gasteiger partial charge in [0.1, 0.15) is 5.82 Å². The van der Waals surface area contributed by atoms with Gasteiger partial charge in [0.2, 0.25) is 5.91 Å². The van der Waals surface area contributed by atoms with Crippen LogP contribution in [0.2, 0.25) is 0 Å². The van der Waals surface area contributed by atoms with E-state index in [4.69, 9.17) is 5.73 Å². The van der Waals surface area contributed by atoms with E-state index in [1.54, 1.807) is 13.8 Å². The number of benzene rings is 1. The number of amides is 2. The summed E-state index contributed by atoms with van der Waals surface area (Å²) in [6, 6.07) is 3.95. The molecule has 0 aliphatic heterocycles. The first-order chi connectivity index (χ1) is 10.1. The summed E-state index contributed by atoms with van der Waals surface area (Å²) < 4.78 is 14.0. The number of anilines is 1. The Bertz CT molecular complexity index is 557. The molecular weight excluding hydrogens is 321 g/mol. The van der Waals surface area contributed by atoms with Gasteiger partial charge >= 0.3 is 0 Å². The number of nitrogens with two attached hydrogens (primary N) is 1. The summed E-state index contributed by atoms with van der Waals surface area (Å²) in [5.74, 6) is -1.11. The number of rotatable bonds is 6. The first kappa shape index (κ1) is 21.3. The van der Waals surface area contributed by atoms with Gasteiger partial charge in [-0.05, 0) is 38.0 Å². The van der Waals surface area contributed by atoms with Crippen molar-refractivity contribution in [2.75, 3.05) is 11.9 Å². The molecule has 4 N–H and O–H groups in total. The van der Waals surface area contributed by atoms with Gasteiger partial charge in [-0.25, -0.2) is 4.39 Å². The fourth-order valence-electron chi connectivity index (χ4n) is 1.74. The summed E-state index contributed by atoms with van der Waals surface area (Å²) in [5, 5.41) is 5.13. The first-order valence-electron chi connectivity index (χ1n) is 7.25. The largest absolute Gasteiger partial charge is 0.350 e. The third-order valence-electron chi connectivity index (χ3n) is 2.80. The minimum absolute atomic E-state index is 0. The zero-order chi connectivity index (χ0) is 16.9. The van der Waals surface area contributed by atoms with Crippen molar-refractivity contribution in [1.29, 1.82) is 0 Å². The number of hydrogen-bond acceptors (Lipinski definition) is 3. The molecule has 0 radical (unpaired) electrons. The molecule has 0 aliphatic carbocycles. The normalized spacial score (nSPS) is 10.9. The molecule has 0 saturated heterocycles. The van der Waals surface area contributed by atoms with Crippen molar-refractivity contribution in [2.24, 2.45) is 11.7 Å². The molecule has 0 atom stereocenters. The number of nitrogens with one attached hydrogen (secondary N) is 2. The molecule has 1 aromatic rings. The Morgan fingerprint density at radius 2 is 1.91 bits per heavy atom. The maximum Gasteiger partial charge on any atom is 0.251 e. The zero-order valence-corrected chi connectivity index (χ0v) is 14.7. The molecule has 2 amide bonds. The number of carbonyl (C=O) groups excluding carboxylic acids is 2. The molecule has 0 saturated carbocycles. The van der Waals surface area contributed by atoms with Crippen molar-refractivity contribution in [3.63, 3.8) is 0 Å². The maximum atomic E-state index is 14.0. The Labute approximate surface area is 142 Å². The van der Waals surface area contributed by atoms with Gasteiger partial charge < -0.3 is 16.4 Å². The molecule has 0 aromatic heterocycles. The quantitative estimate of drug-likeness (QED) is 0.741. The molecular formula is C16H25ClFN3O2. The lowest BCUT2D eigenvalue weighted by molar-refractivity contribution is -0.116. The van der Waals surface area contributed by atoms with Crippen LogP contribution in [0.5, 0.6) is 0 Å². The van der Waals surface area contributed by atoms with Gasteiger partial charge in [0, 0.05) is 24.1 Å². The average Bonchev–Trinajstić information content (AvgIpc) is 2.36. The molecule has 5 nitrogen and oxygen atoms in total. The van der Waals surface area contributed by atoms with Crippen LogP contribution in [0.15, 0.2) is 18.2 Å². The number of hydrogen-bond donors (Lipinski definition) is 3. The standard InChI is InChI=1S/C16H24FN3O2.ClH/c1-10(2)7-14(21)20-13-6-5-11(8-12(13)17)15(22)19-9-16(3,4)18;/h5-6,8,10H,7,9,18H2,1-4H3,(H,19,22)(H,20,21);1H. The van der Waals surface area contributed by atoms with Gasteiger partial charge in [0.25, 0.3) is 5.91 Å². The average molecular weight is 346 g/mol. The molecule has 130 valence electrons. The summed E-state index contributed by atoms with van der Waals surface area (Å²) in [6.07, 6.45) is 0.313. The van der Waals surface area contributed by atoms with Crippen LogP contribution in [-0.4, -0.2) is 23.9 Å². The Hall–Kier alpha value is -1.66. The molecule has 0 aliphatic rings. The van der Waals surface area contributed by atoms with Crippen LogP contribution in [0.4, 0.5) is 10.1 Å². The van der Waals surface area contributed by atoms with Crippen LogP contribution in [0.1, 0.15) is 44.5 Å². The molecule has 0 heterocycles. The van der Waals surface area contributed by atoms with Crippen molar-refractivity contribution in [3.05, 3.63) is 29.6 Å². The Morgan fingerprint density at radius 1 is 1.30 bits per heavy atom. The van der Waals surface area contributed by atoms with Crippen molar-refractivity contribution in [1.82, 2.24) is 5.32 Å². The minimum Gasteiger partial charge on any atom is -0.350 e. The molecule has 0 fully saturated rings. The Kier molecular flexibility index (Phi) is 8.20. The monoisotopic (exact) mass is 345 g/mol. The summed E-state index contributed by atoms with van der Waals surface area (Å²) in [4.78, 5) is 23.5. The zero-order valence-electron chi connectivity index (χ0n) is 13.9. The second-order valence-corrected chi connectivity index (χ2v) is 6.51. The highest BCUT2D eigenvalue weighted by molar-refractivity contribution is 5.96. The van der Waals surface area contributed by atoms with Gasteiger partial charge in [-0.15, -0.1) is 12.4 Å². The van der Waals surface area contributed by atoms with E-state index in [0.29, 0.717) is 6.42 Å². The summed E-state index contributed by atoms with van der Waals surface area (Å²) >= 11 is 0. The molecule has 0 unspecified atom stereocenters. The van der Waals surface area contributed by atoms with Crippen LogP contribution in [0, 0.1) is 11.7 Å². The Balaban J connectivity index is 0.00000484. The minimum atomic E-state index is -0.642. The van der Waals surface area contributed by atoms with E-state index in [9.17, 15) is 14.0 Å². The van der Waals surface area contributed by atoms with Crippen LogP contribution in [0.25, 0.3) is 0 Å². The van der Waals surface area contributed by atoms with Gasteiger partial charge in [-0.1, -0.05) is 13.8 Å². The van der Waals surface area contributed by atoms with E-state index in [1.165, 1.54) is 12.1 Å². The SMILES string of the molecule is CC(C)CC(=O)Nc1ccc(C(=O)NCC(C)(C)N)cc1F.Cl. The van der Waals surface area contributed by atoms with E-state index in [-0.39, 0.29) is 42.0 Å². The molecule has 0 bridgehead atoms. The van der Waals surface area contributed by atoms with Crippen LogP contribution in [-0.2, 0) is 4.79 Å². The lowest BCUT2D eigenvalue weighted by atomic mass is 10.1. The molecule has 1 rings (SSSR count). The van der Waals surface area contributed by atoms with Crippen molar-refractivity contribution in [2.45, 2.75) is 39.7 Å². The lowest BCUT2D eigenvalue weighted by Gasteiger charge is -2.19. The second kappa shape index (κ2) is 8.84. The van der Waals surface area contributed by atoms with Gasteiger partial charge in [-0.2, -0.15) is 0 Å². The van der Waals surface area contributed by atoms with Crippen LogP contribution < -0.4 is 16.4 Å². The van der Waals surface area contributed by atoms with Crippen LogP contribution in [0.3, 0.4) is 0 Å².